The number of nitrogens with one attached hydrogen (secondary N) is 2. The molecule has 1 amide bonds. The summed E-state index contributed by atoms with van der Waals surface area (Å²) in [5.74, 6) is 1.88. The summed E-state index contributed by atoms with van der Waals surface area (Å²) < 4.78 is 0. The Morgan fingerprint density at radius 2 is 1.84 bits per heavy atom. The summed E-state index contributed by atoms with van der Waals surface area (Å²) in [7, 11) is 2.11. The van der Waals surface area contributed by atoms with Crippen molar-refractivity contribution in [1.29, 1.82) is 0 Å². The number of pyridine rings is 1. The van der Waals surface area contributed by atoms with Gasteiger partial charge in [0, 0.05) is 49.2 Å². The van der Waals surface area contributed by atoms with Crippen LogP contribution in [-0.2, 0) is 6.54 Å². The Balaban J connectivity index is 0.00000171. The molecule has 1 aromatic carbocycles. The zero-order chi connectivity index (χ0) is 20.2. The number of rotatable bonds is 5. The molecular formula is C20H26Cl2N8O. The van der Waals surface area contributed by atoms with Gasteiger partial charge in [0.05, 0.1) is 6.54 Å². The van der Waals surface area contributed by atoms with Crippen molar-refractivity contribution in [3.63, 3.8) is 0 Å². The van der Waals surface area contributed by atoms with Gasteiger partial charge in [0.15, 0.2) is 5.82 Å². The molecule has 9 nitrogen and oxygen atoms in total. The number of nitrogens with zero attached hydrogens (tertiary/aromatic N) is 5. The van der Waals surface area contributed by atoms with Crippen molar-refractivity contribution in [3.8, 4) is 11.4 Å². The van der Waals surface area contributed by atoms with Crippen molar-refractivity contribution in [2.24, 2.45) is 5.73 Å². The third-order valence-corrected chi connectivity index (χ3v) is 4.96. The Hall–Kier alpha value is -2.72. The standard InChI is InChI=1S/C20H24N8O.2ClH/c1-27-8-10-28(11-9-27)18-12-15(6-7-22-18)20(29)23-16-4-2-14(3-5-16)19-24-17(13-21)25-26-19;;/h2-7,12H,8-11,13,21H2,1H3,(H,23,29)(H,24,25,26);2*1H. The summed E-state index contributed by atoms with van der Waals surface area (Å²) in [5.41, 5.74) is 7.68. The summed E-state index contributed by atoms with van der Waals surface area (Å²) in [6.45, 7) is 4.10. The van der Waals surface area contributed by atoms with Crippen LogP contribution in [0.4, 0.5) is 11.5 Å². The maximum Gasteiger partial charge on any atom is 0.255 e. The molecule has 0 atom stereocenters. The number of nitrogens with two attached hydrogens (primary N) is 1. The van der Waals surface area contributed by atoms with E-state index in [4.69, 9.17) is 5.73 Å². The van der Waals surface area contributed by atoms with Gasteiger partial charge in [-0.05, 0) is 43.4 Å². The lowest BCUT2D eigenvalue weighted by molar-refractivity contribution is 0.102. The number of hydrogen-bond donors (Lipinski definition) is 3. The van der Waals surface area contributed by atoms with Crippen molar-refractivity contribution in [2.45, 2.75) is 6.54 Å². The second-order valence-electron chi connectivity index (χ2n) is 7.03. The van der Waals surface area contributed by atoms with Gasteiger partial charge in [-0.15, -0.1) is 24.8 Å². The van der Waals surface area contributed by atoms with Gasteiger partial charge in [-0.3, -0.25) is 9.89 Å². The topological polar surface area (TPSA) is 116 Å². The number of carbonyl (C=O) groups is 1. The van der Waals surface area contributed by atoms with Gasteiger partial charge in [0.2, 0.25) is 0 Å². The smallest absolute Gasteiger partial charge is 0.255 e. The van der Waals surface area contributed by atoms with Gasteiger partial charge >= 0.3 is 0 Å². The molecule has 31 heavy (non-hydrogen) atoms. The summed E-state index contributed by atoms with van der Waals surface area (Å²) in [4.78, 5) is 25.9. The quantitative estimate of drug-likeness (QED) is 0.529. The monoisotopic (exact) mass is 464 g/mol. The molecule has 4 N–H and O–H groups in total. The van der Waals surface area contributed by atoms with E-state index in [1.165, 1.54) is 0 Å². The summed E-state index contributed by atoms with van der Waals surface area (Å²) in [5, 5.41) is 9.85. The Kier molecular flexibility index (Phi) is 8.76. The number of anilines is 2. The van der Waals surface area contributed by atoms with E-state index in [0.29, 0.717) is 29.4 Å². The van der Waals surface area contributed by atoms with Crippen LogP contribution in [0.5, 0.6) is 0 Å². The lowest BCUT2D eigenvalue weighted by Gasteiger charge is -2.33. The van der Waals surface area contributed by atoms with E-state index >= 15 is 0 Å². The summed E-state index contributed by atoms with van der Waals surface area (Å²) >= 11 is 0. The number of aromatic nitrogens is 4. The zero-order valence-corrected chi connectivity index (χ0v) is 18.7. The molecule has 1 saturated heterocycles. The Bertz CT molecular complexity index is 987. The highest BCUT2D eigenvalue weighted by atomic mass is 35.5. The molecular weight excluding hydrogens is 439 g/mol. The van der Waals surface area contributed by atoms with E-state index in [-0.39, 0.29) is 30.7 Å². The van der Waals surface area contributed by atoms with Crippen LogP contribution in [0.1, 0.15) is 16.2 Å². The second kappa shape index (κ2) is 11.1. The van der Waals surface area contributed by atoms with E-state index in [0.717, 1.165) is 37.6 Å². The fraction of sp³-hybridized carbons (Fsp3) is 0.300. The third-order valence-electron chi connectivity index (χ3n) is 4.96. The van der Waals surface area contributed by atoms with Gasteiger partial charge in [0.1, 0.15) is 11.6 Å². The van der Waals surface area contributed by atoms with Crippen molar-refractivity contribution in [1.82, 2.24) is 25.1 Å². The largest absolute Gasteiger partial charge is 0.354 e. The number of carbonyl (C=O) groups excluding carboxylic acids is 1. The van der Waals surface area contributed by atoms with Crippen LogP contribution in [0.25, 0.3) is 11.4 Å². The van der Waals surface area contributed by atoms with Crippen molar-refractivity contribution < 1.29 is 4.79 Å². The Labute approximate surface area is 193 Å². The van der Waals surface area contributed by atoms with Crippen molar-refractivity contribution in [2.75, 3.05) is 43.4 Å². The second-order valence-corrected chi connectivity index (χ2v) is 7.03. The SMILES string of the molecule is CN1CCN(c2cc(C(=O)Nc3ccc(-c4n[nH]c(CN)n4)cc3)ccn2)CC1.Cl.Cl. The van der Waals surface area contributed by atoms with Crippen LogP contribution in [-0.4, -0.2) is 64.2 Å². The molecule has 1 aliphatic heterocycles. The molecule has 1 aliphatic rings. The number of aromatic amines is 1. The minimum atomic E-state index is -0.168. The lowest BCUT2D eigenvalue weighted by Crippen LogP contribution is -2.44. The number of H-pyrrole nitrogens is 1. The normalized spacial score (nSPS) is 13.8. The van der Waals surface area contributed by atoms with Crippen molar-refractivity contribution >= 4 is 42.2 Å². The van der Waals surface area contributed by atoms with Crippen LogP contribution in [0.3, 0.4) is 0 Å². The first-order valence-corrected chi connectivity index (χ1v) is 9.55. The van der Waals surface area contributed by atoms with E-state index in [9.17, 15) is 4.79 Å². The molecule has 1 fully saturated rings. The molecule has 0 aliphatic carbocycles. The lowest BCUT2D eigenvalue weighted by atomic mass is 10.2. The van der Waals surface area contributed by atoms with E-state index in [2.05, 4.69) is 42.3 Å². The molecule has 0 radical (unpaired) electrons. The van der Waals surface area contributed by atoms with Crippen LogP contribution in [0.15, 0.2) is 42.6 Å². The molecule has 3 aromatic rings. The predicted octanol–water partition coefficient (Wildman–Crippen LogP) is 2.17. The molecule has 0 spiro atoms. The molecule has 3 heterocycles. The molecule has 0 unspecified atom stereocenters. The van der Waals surface area contributed by atoms with Crippen molar-refractivity contribution in [3.05, 3.63) is 54.0 Å². The molecule has 0 bridgehead atoms. The average molecular weight is 465 g/mol. The van der Waals surface area contributed by atoms with Crippen LogP contribution in [0, 0.1) is 0 Å². The first-order valence-electron chi connectivity index (χ1n) is 9.55. The van der Waals surface area contributed by atoms with Gasteiger partial charge in [-0.2, -0.15) is 5.10 Å². The van der Waals surface area contributed by atoms with Crippen LogP contribution in [0.2, 0.25) is 0 Å². The molecule has 2 aromatic heterocycles. The molecule has 0 saturated carbocycles. The third kappa shape index (κ3) is 5.92. The first kappa shape index (κ1) is 24.5. The van der Waals surface area contributed by atoms with E-state index in [1.54, 1.807) is 12.3 Å². The zero-order valence-electron chi connectivity index (χ0n) is 17.1. The maximum absolute atomic E-state index is 12.7. The number of benzene rings is 1. The number of likely N-dealkylation sites (N-methyl/N-ethyl adjacent to an activating group) is 1. The van der Waals surface area contributed by atoms with Crippen LogP contribution < -0.4 is 16.0 Å². The predicted molar refractivity (Wildman–Crippen MR) is 126 cm³/mol. The number of piperazine rings is 1. The summed E-state index contributed by atoms with van der Waals surface area (Å²) in [6, 6.07) is 11.0. The van der Waals surface area contributed by atoms with Gasteiger partial charge < -0.3 is 20.9 Å². The average Bonchev–Trinajstić information content (AvgIpc) is 3.24. The van der Waals surface area contributed by atoms with Gasteiger partial charge in [-0.1, -0.05) is 0 Å². The number of amides is 1. The fourth-order valence-electron chi connectivity index (χ4n) is 3.19. The molecule has 11 heteroatoms. The molecule has 166 valence electrons. The minimum Gasteiger partial charge on any atom is -0.354 e. The van der Waals surface area contributed by atoms with Gasteiger partial charge in [0.25, 0.3) is 5.91 Å². The Morgan fingerprint density at radius 1 is 1.13 bits per heavy atom. The highest BCUT2D eigenvalue weighted by Crippen LogP contribution is 2.20. The maximum atomic E-state index is 12.7. The number of halogens is 2. The first-order chi connectivity index (χ1) is 14.1. The van der Waals surface area contributed by atoms with Gasteiger partial charge in [-0.25, -0.2) is 9.97 Å². The van der Waals surface area contributed by atoms with Crippen LogP contribution >= 0.6 is 24.8 Å². The number of hydrogen-bond acceptors (Lipinski definition) is 7. The fourth-order valence-corrected chi connectivity index (χ4v) is 3.19. The van der Waals surface area contributed by atoms with E-state index in [1.807, 2.05) is 30.3 Å². The summed E-state index contributed by atoms with van der Waals surface area (Å²) in [6.07, 6.45) is 1.68. The Morgan fingerprint density at radius 3 is 2.48 bits per heavy atom. The minimum absolute atomic E-state index is 0. The highest BCUT2D eigenvalue weighted by molar-refractivity contribution is 6.04. The van der Waals surface area contributed by atoms with E-state index < -0.39 is 0 Å². The molecule has 4 rings (SSSR count). The highest BCUT2D eigenvalue weighted by Gasteiger charge is 2.17.